The van der Waals surface area contributed by atoms with Crippen molar-refractivity contribution >= 4 is 17.8 Å². The summed E-state index contributed by atoms with van der Waals surface area (Å²) in [7, 11) is 1.35. The van der Waals surface area contributed by atoms with Crippen LogP contribution in [0.3, 0.4) is 0 Å². The lowest BCUT2D eigenvalue weighted by molar-refractivity contribution is -0.149. The SMILES string of the molecule is COC(=O)C1(NC(=O)c2ccc(OCC(=O)N3[C@H](C)CCC[C@H]3C)cc2)CCCCC1. The zero-order valence-corrected chi connectivity index (χ0v) is 18.8. The maximum absolute atomic E-state index is 12.8. The lowest BCUT2D eigenvalue weighted by atomic mass is 9.81. The molecule has 7 nitrogen and oxygen atoms in total. The van der Waals surface area contributed by atoms with Crippen LogP contribution in [0.2, 0.25) is 0 Å². The summed E-state index contributed by atoms with van der Waals surface area (Å²) in [5, 5.41) is 2.91. The molecule has 31 heavy (non-hydrogen) atoms. The van der Waals surface area contributed by atoms with Crippen LogP contribution in [0.25, 0.3) is 0 Å². The molecule has 1 aromatic rings. The number of nitrogens with zero attached hydrogens (tertiary/aromatic N) is 1. The van der Waals surface area contributed by atoms with E-state index in [-0.39, 0.29) is 36.5 Å². The minimum absolute atomic E-state index is 0.0150. The lowest BCUT2D eigenvalue weighted by Gasteiger charge is -2.38. The van der Waals surface area contributed by atoms with Crippen molar-refractivity contribution < 1.29 is 23.9 Å². The van der Waals surface area contributed by atoms with Crippen molar-refractivity contribution in [2.45, 2.75) is 82.8 Å². The van der Waals surface area contributed by atoms with Crippen LogP contribution in [0.5, 0.6) is 5.75 Å². The molecular formula is C24H34N2O5. The first-order valence-electron chi connectivity index (χ1n) is 11.3. The van der Waals surface area contributed by atoms with Gasteiger partial charge in [0.05, 0.1) is 7.11 Å². The van der Waals surface area contributed by atoms with Crippen LogP contribution in [0.15, 0.2) is 24.3 Å². The first-order valence-corrected chi connectivity index (χ1v) is 11.3. The molecule has 0 bridgehead atoms. The van der Waals surface area contributed by atoms with Crippen molar-refractivity contribution in [1.82, 2.24) is 10.2 Å². The van der Waals surface area contributed by atoms with Gasteiger partial charge in [-0.25, -0.2) is 4.79 Å². The van der Waals surface area contributed by atoms with Gasteiger partial charge in [0.25, 0.3) is 11.8 Å². The number of carbonyl (C=O) groups is 3. The number of ether oxygens (including phenoxy) is 2. The third-order valence-corrected chi connectivity index (χ3v) is 6.60. The number of methoxy groups -OCH3 is 1. The predicted octanol–water partition coefficient (Wildman–Crippen LogP) is 3.46. The molecule has 0 radical (unpaired) electrons. The summed E-state index contributed by atoms with van der Waals surface area (Å²) in [5.41, 5.74) is -0.515. The minimum Gasteiger partial charge on any atom is -0.484 e. The van der Waals surface area contributed by atoms with E-state index in [2.05, 4.69) is 19.2 Å². The number of hydrogen-bond donors (Lipinski definition) is 1. The fourth-order valence-corrected chi connectivity index (χ4v) is 4.86. The van der Waals surface area contributed by atoms with E-state index in [4.69, 9.17) is 9.47 Å². The van der Waals surface area contributed by atoms with Gasteiger partial charge in [0.2, 0.25) is 0 Å². The highest BCUT2D eigenvalue weighted by molar-refractivity contribution is 5.98. The van der Waals surface area contributed by atoms with E-state index in [9.17, 15) is 14.4 Å². The predicted molar refractivity (Wildman–Crippen MR) is 117 cm³/mol. The van der Waals surface area contributed by atoms with Gasteiger partial charge >= 0.3 is 5.97 Å². The van der Waals surface area contributed by atoms with Gasteiger partial charge in [-0.3, -0.25) is 9.59 Å². The number of esters is 1. The standard InChI is InChI=1S/C24H34N2O5/c1-17-8-7-9-18(2)26(17)21(27)16-31-20-12-10-19(11-13-20)22(28)25-24(23(29)30-3)14-5-4-6-15-24/h10-13,17-18H,4-9,14-16H2,1-3H3,(H,25,28)/t17-,18-/m1/s1. The third-order valence-electron chi connectivity index (χ3n) is 6.60. The lowest BCUT2D eigenvalue weighted by Crippen LogP contribution is -2.56. The summed E-state index contributed by atoms with van der Waals surface area (Å²) in [4.78, 5) is 39.6. The summed E-state index contributed by atoms with van der Waals surface area (Å²) < 4.78 is 10.6. The largest absolute Gasteiger partial charge is 0.484 e. The van der Waals surface area contributed by atoms with E-state index in [1.54, 1.807) is 24.3 Å². The molecule has 170 valence electrons. The van der Waals surface area contributed by atoms with Crippen LogP contribution in [0.1, 0.15) is 75.6 Å². The fraction of sp³-hybridized carbons (Fsp3) is 0.625. The van der Waals surface area contributed by atoms with E-state index in [0.29, 0.717) is 24.2 Å². The Hall–Kier alpha value is -2.57. The monoisotopic (exact) mass is 430 g/mol. The summed E-state index contributed by atoms with van der Waals surface area (Å²) in [6.07, 6.45) is 7.17. The first-order chi connectivity index (χ1) is 14.9. The Balaban J connectivity index is 1.58. The minimum atomic E-state index is -0.951. The molecule has 7 heteroatoms. The molecule has 2 amide bonds. The van der Waals surface area contributed by atoms with E-state index in [1.807, 2.05) is 4.90 Å². The Bertz CT molecular complexity index is 776. The van der Waals surface area contributed by atoms with Gasteiger partial charge < -0.3 is 19.7 Å². The number of piperidine rings is 1. The van der Waals surface area contributed by atoms with Crippen LogP contribution < -0.4 is 10.1 Å². The number of likely N-dealkylation sites (tertiary alicyclic amines) is 1. The number of hydrogen-bond acceptors (Lipinski definition) is 5. The Labute approximate surface area is 184 Å². The molecule has 1 N–H and O–H groups in total. The first kappa shape index (κ1) is 23.1. The van der Waals surface area contributed by atoms with Gasteiger partial charge in [-0.2, -0.15) is 0 Å². The molecule has 0 aromatic heterocycles. The van der Waals surface area contributed by atoms with Crippen LogP contribution in [0.4, 0.5) is 0 Å². The van der Waals surface area contributed by atoms with Crippen LogP contribution in [0, 0.1) is 0 Å². The average molecular weight is 431 g/mol. The van der Waals surface area contributed by atoms with Gasteiger partial charge in [0.15, 0.2) is 6.61 Å². The Morgan fingerprint density at radius 2 is 1.61 bits per heavy atom. The maximum Gasteiger partial charge on any atom is 0.331 e. The van der Waals surface area contributed by atoms with E-state index in [1.165, 1.54) is 7.11 Å². The number of carbonyl (C=O) groups excluding carboxylic acids is 3. The van der Waals surface area contributed by atoms with Crippen molar-refractivity contribution in [1.29, 1.82) is 0 Å². The van der Waals surface area contributed by atoms with E-state index < -0.39 is 5.54 Å². The van der Waals surface area contributed by atoms with Crippen LogP contribution in [-0.2, 0) is 14.3 Å². The molecule has 1 aliphatic carbocycles. The Kier molecular flexibility index (Phi) is 7.57. The van der Waals surface area contributed by atoms with Gasteiger partial charge in [-0.15, -0.1) is 0 Å². The zero-order chi connectivity index (χ0) is 22.4. The maximum atomic E-state index is 12.8. The average Bonchev–Trinajstić information content (AvgIpc) is 2.78. The molecule has 1 saturated carbocycles. The van der Waals surface area contributed by atoms with Crippen molar-refractivity contribution in [3.63, 3.8) is 0 Å². The van der Waals surface area contributed by atoms with E-state index in [0.717, 1.165) is 38.5 Å². The smallest absolute Gasteiger partial charge is 0.331 e. The second-order valence-electron chi connectivity index (χ2n) is 8.83. The fourth-order valence-electron chi connectivity index (χ4n) is 4.86. The van der Waals surface area contributed by atoms with Crippen molar-refractivity contribution in [2.24, 2.45) is 0 Å². The second kappa shape index (κ2) is 10.2. The normalized spacial score (nSPS) is 23.0. The molecule has 1 aliphatic heterocycles. The summed E-state index contributed by atoms with van der Waals surface area (Å²) in [5.74, 6) is -0.188. The van der Waals surface area contributed by atoms with Crippen molar-refractivity contribution in [2.75, 3.05) is 13.7 Å². The number of rotatable bonds is 6. The zero-order valence-electron chi connectivity index (χ0n) is 18.8. The van der Waals surface area contributed by atoms with Crippen molar-refractivity contribution in [3.8, 4) is 5.75 Å². The number of benzene rings is 1. The third kappa shape index (κ3) is 5.38. The van der Waals surface area contributed by atoms with Crippen molar-refractivity contribution in [3.05, 3.63) is 29.8 Å². The number of amides is 2. The van der Waals surface area contributed by atoms with Gasteiger partial charge in [-0.1, -0.05) is 19.3 Å². The van der Waals surface area contributed by atoms with Crippen LogP contribution >= 0.6 is 0 Å². The molecule has 3 rings (SSSR count). The molecule has 0 unspecified atom stereocenters. The summed E-state index contributed by atoms with van der Waals surface area (Å²) in [6.45, 7) is 4.13. The Morgan fingerprint density at radius 1 is 1.00 bits per heavy atom. The van der Waals surface area contributed by atoms with Crippen LogP contribution in [-0.4, -0.2) is 54.0 Å². The second-order valence-corrected chi connectivity index (χ2v) is 8.83. The summed E-state index contributed by atoms with van der Waals surface area (Å²) in [6, 6.07) is 7.11. The quantitative estimate of drug-likeness (QED) is 0.699. The Morgan fingerprint density at radius 3 is 2.19 bits per heavy atom. The molecule has 2 atom stereocenters. The molecule has 2 aliphatic rings. The van der Waals surface area contributed by atoms with Gasteiger partial charge in [-0.05, 0) is 70.2 Å². The van der Waals surface area contributed by atoms with E-state index >= 15 is 0 Å². The molecule has 0 spiro atoms. The molecule has 1 aromatic carbocycles. The number of nitrogens with one attached hydrogen (secondary N) is 1. The highest BCUT2D eigenvalue weighted by atomic mass is 16.5. The molecule has 1 heterocycles. The van der Waals surface area contributed by atoms with Gasteiger partial charge in [0, 0.05) is 17.6 Å². The molecule has 2 fully saturated rings. The summed E-state index contributed by atoms with van der Waals surface area (Å²) >= 11 is 0. The highest BCUT2D eigenvalue weighted by Crippen LogP contribution is 2.30. The molecular weight excluding hydrogens is 396 g/mol. The molecule has 1 saturated heterocycles. The van der Waals surface area contributed by atoms with Gasteiger partial charge in [0.1, 0.15) is 11.3 Å². The highest BCUT2D eigenvalue weighted by Gasteiger charge is 2.42. The topological polar surface area (TPSA) is 84.9 Å².